The van der Waals surface area contributed by atoms with Crippen molar-refractivity contribution in [1.29, 1.82) is 0 Å². The third kappa shape index (κ3) is 2.09. The molecule has 1 N–H and O–H groups in total. The Hall–Kier alpha value is -2.12. The van der Waals surface area contributed by atoms with Gasteiger partial charge in [-0.25, -0.2) is 0 Å². The molecule has 7 heteroatoms. The number of aryl methyl sites for hydroxylation is 1. The van der Waals surface area contributed by atoms with Crippen LogP contribution >= 0.6 is 27.7 Å². The number of carbonyl (C=O) groups excluding carboxylic acids is 2. The average molecular weight is 442 g/mol. The van der Waals surface area contributed by atoms with E-state index >= 15 is 0 Å². The third-order valence-electron chi connectivity index (χ3n) is 5.54. The lowest BCUT2D eigenvalue weighted by Crippen LogP contribution is -2.41. The molecule has 4 aliphatic rings. The highest BCUT2D eigenvalue weighted by atomic mass is 79.9. The first-order valence-electron chi connectivity index (χ1n) is 8.64. The summed E-state index contributed by atoms with van der Waals surface area (Å²) in [5, 5.41) is 3.17. The van der Waals surface area contributed by atoms with Gasteiger partial charge in [0.15, 0.2) is 5.78 Å². The van der Waals surface area contributed by atoms with Crippen LogP contribution in [0.3, 0.4) is 0 Å². The zero-order valence-corrected chi connectivity index (χ0v) is 17.2. The number of nitrogens with one attached hydrogen (secondary N) is 1. The Labute approximate surface area is 169 Å². The molecule has 0 aromatic carbocycles. The van der Waals surface area contributed by atoms with Gasteiger partial charge in [0.05, 0.1) is 21.3 Å². The summed E-state index contributed by atoms with van der Waals surface area (Å²) >= 11 is 4.94. The van der Waals surface area contributed by atoms with E-state index in [0.29, 0.717) is 22.4 Å². The second kappa shape index (κ2) is 5.69. The van der Waals surface area contributed by atoms with E-state index in [-0.39, 0.29) is 11.6 Å². The van der Waals surface area contributed by atoms with E-state index in [2.05, 4.69) is 21.2 Å². The van der Waals surface area contributed by atoms with Crippen LogP contribution in [0.1, 0.15) is 21.6 Å². The van der Waals surface area contributed by atoms with Gasteiger partial charge in [-0.2, -0.15) is 0 Å². The maximum atomic E-state index is 13.4. The molecule has 1 spiro atoms. The van der Waals surface area contributed by atoms with Crippen molar-refractivity contribution in [2.24, 2.45) is 17.5 Å². The summed E-state index contributed by atoms with van der Waals surface area (Å²) in [5.41, 5.74) is 4.37. The number of fused-ring (bicyclic) bond motifs is 2. The number of hydrogen-bond donors (Lipinski definition) is 1. The summed E-state index contributed by atoms with van der Waals surface area (Å²) in [6.45, 7) is 0.693. The van der Waals surface area contributed by atoms with Crippen molar-refractivity contribution in [2.75, 3.05) is 12.8 Å². The molecule has 0 fully saturated rings. The Bertz CT molecular complexity index is 1100. The third-order valence-corrected chi connectivity index (χ3v) is 7.06. The molecule has 27 heavy (non-hydrogen) atoms. The van der Waals surface area contributed by atoms with Gasteiger partial charge in [-0.1, -0.05) is 0 Å². The van der Waals surface area contributed by atoms with Crippen LogP contribution in [0.5, 0.6) is 0 Å². The molecule has 0 bridgehead atoms. The summed E-state index contributed by atoms with van der Waals surface area (Å²) in [7, 11) is 1.91. The number of hydrogen-bond acceptors (Lipinski definition) is 5. The fourth-order valence-corrected chi connectivity index (χ4v) is 5.69. The Morgan fingerprint density at radius 1 is 1.37 bits per heavy atom. The van der Waals surface area contributed by atoms with E-state index in [1.54, 1.807) is 12.3 Å². The Morgan fingerprint density at radius 2 is 2.19 bits per heavy atom. The molecule has 136 valence electrons. The van der Waals surface area contributed by atoms with Crippen molar-refractivity contribution < 1.29 is 9.59 Å². The second-order valence-corrected chi connectivity index (χ2v) is 8.67. The highest BCUT2D eigenvalue weighted by Gasteiger charge is 2.48. The maximum absolute atomic E-state index is 13.4. The second-order valence-electron chi connectivity index (χ2n) is 6.96. The summed E-state index contributed by atoms with van der Waals surface area (Å²) in [6.07, 6.45) is 12.2. The molecule has 1 aromatic rings. The monoisotopic (exact) mass is 441 g/mol. The van der Waals surface area contributed by atoms with Gasteiger partial charge < -0.3 is 9.88 Å². The Morgan fingerprint density at radius 3 is 2.96 bits per heavy atom. The molecule has 3 heterocycles. The van der Waals surface area contributed by atoms with E-state index in [1.807, 2.05) is 36.2 Å². The predicted molar refractivity (Wildman–Crippen MR) is 110 cm³/mol. The number of aromatic nitrogens is 1. The molecule has 0 saturated carbocycles. The van der Waals surface area contributed by atoms with Crippen LogP contribution in [0.25, 0.3) is 0 Å². The summed E-state index contributed by atoms with van der Waals surface area (Å²) in [4.78, 5) is 31.4. The van der Waals surface area contributed by atoms with Crippen LogP contribution in [0.4, 0.5) is 0 Å². The van der Waals surface area contributed by atoms with Crippen LogP contribution in [-0.2, 0) is 18.3 Å². The topological polar surface area (TPSA) is 63.5 Å². The summed E-state index contributed by atoms with van der Waals surface area (Å²) < 4.78 is 2.41. The largest absolute Gasteiger partial charge is 0.358 e. The molecule has 1 atom stereocenters. The first-order valence-corrected chi connectivity index (χ1v) is 10.7. The molecule has 1 aromatic heterocycles. The van der Waals surface area contributed by atoms with Gasteiger partial charge in [0.1, 0.15) is 5.69 Å². The smallest absolute Gasteiger partial charge is 0.226 e. The molecule has 0 saturated heterocycles. The number of dihydropyridines is 1. The Kier molecular flexibility index (Phi) is 3.58. The minimum absolute atomic E-state index is 0.0276. The van der Waals surface area contributed by atoms with E-state index < -0.39 is 5.41 Å². The number of halogens is 1. The van der Waals surface area contributed by atoms with Gasteiger partial charge in [0.25, 0.3) is 0 Å². The number of rotatable bonds is 1. The van der Waals surface area contributed by atoms with Crippen molar-refractivity contribution in [3.05, 3.63) is 68.1 Å². The normalized spacial score (nSPS) is 25.7. The molecule has 0 radical (unpaired) electrons. The van der Waals surface area contributed by atoms with Crippen molar-refractivity contribution in [3.63, 3.8) is 0 Å². The van der Waals surface area contributed by atoms with E-state index in [0.717, 1.165) is 33.7 Å². The van der Waals surface area contributed by atoms with Crippen molar-refractivity contribution >= 4 is 45.0 Å². The zero-order chi connectivity index (χ0) is 18.9. The molecule has 0 unspecified atom stereocenters. The average Bonchev–Trinajstić information content (AvgIpc) is 2.99. The maximum Gasteiger partial charge on any atom is 0.226 e. The van der Waals surface area contributed by atoms with Crippen molar-refractivity contribution in [2.45, 2.75) is 6.42 Å². The number of aliphatic imine (C=N–C) groups is 1. The van der Waals surface area contributed by atoms with Gasteiger partial charge in [-0.15, -0.1) is 11.8 Å². The molecule has 2 aliphatic carbocycles. The predicted octanol–water partition coefficient (Wildman–Crippen LogP) is 3.03. The SMILES string of the molecule is CSC1=CC(=O)C(Br)=C[C@@]12C=CNC1=C2C2=NCCc3cn(C)c(c32)C1=O. The highest BCUT2D eigenvalue weighted by Crippen LogP contribution is 2.52. The Balaban J connectivity index is 1.84. The number of allylic oxidation sites excluding steroid dienone is 7. The van der Waals surface area contributed by atoms with E-state index in [4.69, 9.17) is 4.99 Å². The molecule has 5 nitrogen and oxygen atoms in total. The number of ketones is 2. The van der Waals surface area contributed by atoms with Crippen LogP contribution in [0.15, 0.2) is 56.3 Å². The summed E-state index contributed by atoms with van der Waals surface area (Å²) in [6, 6.07) is 0. The fraction of sp³-hybridized carbons (Fsp3) is 0.250. The molecule has 5 rings (SSSR count). The number of thioether (sulfide) groups is 1. The quantitative estimate of drug-likeness (QED) is 0.727. The van der Waals surface area contributed by atoms with E-state index in [9.17, 15) is 9.59 Å². The highest BCUT2D eigenvalue weighted by molar-refractivity contribution is 9.12. The lowest BCUT2D eigenvalue weighted by Gasteiger charge is -2.41. The number of Topliss-reactive ketones (excluding diaryl/α,β-unsaturated/α-hetero) is 1. The van der Waals surface area contributed by atoms with E-state index in [1.165, 1.54) is 11.8 Å². The van der Waals surface area contributed by atoms with Gasteiger partial charge in [0, 0.05) is 35.8 Å². The zero-order valence-electron chi connectivity index (χ0n) is 14.8. The van der Waals surface area contributed by atoms with Crippen molar-refractivity contribution in [1.82, 2.24) is 9.88 Å². The van der Waals surface area contributed by atoms with Crippen LogP contribution in [-0.4, -0.2) is 34.6 Å². The van der Waals surface area contributed by atoms with Gasteiger partial charge >= 0.3 is 0 Å². The minimum Gasteiger partial charge on any atom is -0.358 e. The number of nitrogens with zero attached hydrogens (tertiary/aromatic N) is 2. The molecular weight excluding hydrogens is 426 g/mol. The minimum atomic E-state index is -0.677. The summed E-state index contributed by atoms with van der Waals surface area (Å²) in [5.74, 6) is -0.0898. The first kappa shape index (κ1) is 17.0. The van der Waals surface area contributed by atoms with Gasteiger partial charge in [0.2, 0.25) is 5.78 Å². The molecule has 0 amide bonds. The van der Waals surface area contributed by atoms with Gasteiger partial charge in [-0.05, 0) is 58.6 Å². The molecular formula is C20H16BrN3O2S. The van der Waals surface area contributed by atoms with Crippen molar-refractivity contribution in [3.8, 4) is 0 Å². The fourth-order valence-electron chi connectivity index (χ4n) is 4.42. The van der Waals surface area contributed by atoms with Crippen LogP contribution in [0.2, 0.25) is 0 Å². The standard InChI is InChI=1S/C20H16BrN3O2S/c1-24-9-10-3-5-22-16-14(10)18(24)19(26)17-15(16)20(4-6-23-17)8-11(21)12(25)7-13(20)27-2/h4,6-9,23H,3,5H2,1-2H3/t20-/m0/s1. The van der Waals surface area contributed by atoms with Crippen LogP contribution in [0, 0.1) is 5.41 Å². The lowest BCUT2D eigenvalue weighted by atomic mass is 9.68. The van der Waals surface area contributed by atoms with Crippen LogP contribution < -0.4 is 5.32 Å². The molecule has 2 aliphatic heterocycles. The lowest BCUT2D eigenvalue weighted by molar-refractivity contribution is -0.110. The first-order chi connectivity index (χ1) is 13.0. The number of carbonyl (C=O) groups is 2. The van der Waals surface area contributed by atoms with Gasteiger partial charge in [-0.3, -0.25) is 14.6 Å².